The fourth-order valence-corrected chi connectivity index (χ4v) is 10.1. The van der Waals surface area contributed by atoms with Crippen LogP contribution in [0.3, 0.4) is 0 Å². The fraction of sp³-hybridized carbons (Fsp3) is 0. The Bertz CT molecular complexity index is 3110. The molecular formula is C44H25N3S2. The molecule has 0 aliphatic carbocycles. The maximum Gasteiger partial charge on any atom is 0.236 e. The van der Waals surface area contributed by atoms with Crippen molar-refractivity contribution < 1.29 is 0 Å². The molecule has 0 amide bonds. The van der Waals surface area contributed by atoms with Crippen molar-refractivity contribution in [3.8, 4) is 28.3 Å². The first kappa shape index (κ1) is 27.1. The maximum atomic E-state index is 5.57. The summed E-state index contributed by atoms with van der Waals surface area (Å²) in [5, 5.41) is 9.87. The van der Waals surface area contributed by atoms with Crippen LogP contribution in [-0.2, 0) is 0 Å². The zero-order valence-electron chi connectivity index (χ0n) is 26.1. The van der Waals surface area contributed by atoms with Gasteiger partial charge in [-0.25, -0.2) is 9.97 Å². The molecule has 5 heteroatoms. The SMILES string of the molecule is c1ccc(-c2cccc(-c3nc(-n4c5ccccc5c5c6ccccc6c6c7ccccc7sc6c54)nc4sc5ccccc5c34)c2)cc1. The molecule has 0 aliphatic rings. The van der Waals surface area contributed by atoms with Gasteiger partial charge in [-0.2, -0.15) is 0 Å². The summed E-state index contributed by atoms with van der Waals surface area (Å²) in [5.41, 5.74) is 6.66. The van der Waals surface area contributed by atoms with E-state index in [1.807, 2.05) is 11.3 Å². The predicted molar refractivity (Wildman–Crippen MR) is 211 cm³/mol. The lowest BCUT2D eigenvalue weighted by Crippen LogP contribution is -2.03. The van der Waals surface area contributed by atoms with Gasteiger partial charge in [-0.15, -0.1) is 22.7 Å². The summed E-state index contributed by atoms with van der Waals surface area (Å²) < 4.78 is 6.10. The van der Waals surface area contributed by atoms with Crippen molar-refractivity contribution in [3.05, 3.63) is 152 Å². The smallest absolute Gasteiger partial charge is 0.236 e. The molecule has 11 aromatic rings. The van der Waals surface area contributed by atoms with Crippen LogP contribution in [0, 0.1) is 0 Å². The highest BCUT2D eigenvalue weighted by Gasteiger charge is 2.24. The van der Waals surface area contributed by atoms with Gasteiger partial charge in [-0.3, -0.25) is 4.57 Å². The number of benzene rings is 7. The van der Waals surface area contributed by atoms with Crippen LogP contribution in [-0.4, -0.2) is 14.5 Å². The first-order valence-electron chi connectivity index (χ1n) is 16.4. The van der Waals surface area contributed by atoms with Crippen LogP contribution in [0.4, 0.5) is 0 Å². The molecule has 0 aliphatic heterocycles. The van der Waals surface area contributed by atoms with Crippen molar-refractivity contribution in [3.63, 3.8) is 0 Å². The van der Waals surface area contributed by atoms with Crippen LogP contribution in [0.2, 0.25) is 0 Å². The average molecular weight is 660 g/mol. The van der Waals surface area contributed by atoms with E-state index in [0.717, 1.165) is 27.0 Å². The Morgan fingerprint density at radius 1 is 0.429 bits per heavy atom. The normalized spacial score (nSPS) is 12.1. The van der Waals surface area contributed by atoms with Crippen LogP contribution in [0.25, 0.3) is 101 Å². The Labute approximate surface area is 289 Å². The van der Waals surface area contributed by atoms with Gasteiger partial charge in [0.2, 0.25) is 5.95 Å². The van der Waals surface area contributed by atoms with E-state index in [9.17, 15) is 0 Å². The molecule has 0 unspecified atom stereocenters. The van der Waals surface area contributed by atoms with Gasteiger partial charge >= 0.3 is 0 Å². The van der Waals surface area contributed by atoms with Gasteiger partial charge in [-0.05, 0) is 46.2 Å². The molecule has 49 heavy (non-hydrogen) atoms. The Morgan fingerprint density at radius 3 is 1.82 bits per heavy atom. The maximum absolute atomic E-state index is 5.57. The zero-order chi connectivity index (χ0) is 32.1. The third-order valence-electron chi connectivity index (χ3n) is 9.82. The summed E-state index contributed by atoms with van der Waals surface area (Å²) in [6, 6.07) is 54.4. The molecule has 0 fully saturated rings. The van der Waals surface area contributed by atoms with Crippen molar-refractivity contribution in [2.75, 3.05) is 0 Å². The van der Waals surface area contributed by atoms with Crippen molar-refractivity contribution in [2.45, 2.75) is 0 Å². The van der Waals surface area contributed by atoms with Gasteiger partial charge in [0.1, 0.15) is 4.83 Å². The minimum absolute atomic E-state index is 0.694. The van der Waals surface area contributed by atoms with E-state index in [1.54, 1.807) is 11.3 Å². The van der Waals surface area contributed by atoms with Crippen molar-refractivity contribution in [2.24, 2.45) is 0 Å². The molecule has 4 aromatic heterocycles. The molecule has 0 bridgehead atoms. The first-order valence-corrected chi connectivity index (χ1v) is 18.1. The highest BCUT2D eigenvalue weighted by Crippen LogP contribution is 2.48. The van der Waals surface area contributed by atoms with Gasteiger partial charge in [0.05, 0.1) is 21.4 Å². The summed E-state index contributed by atoms with van der Waals surface area (Å²) in [5.74, 6) is 0.694. The molecular weight excluding hydrogens is 635 g/mol. The lowest BCUT2D eigenvalue weighted by Gasteiger charge is -2.12. The number of nitrogens with zero attached hydrogens (tertiary/aromatic N) is 3. The average Bonchev–Trinajstić information content (AvgIpc) is 3.85. The Morgan fingerprint density at radius 2 is 1.02 bits per heavy atom. The summed E-state index contributed by atoms with van der Waals surface area (Å²) >= 11 is 3.61. The molecule has 3 nitrogen and oxygen atoms in total. The van der Waals surface area contributed by atoms with Crippen LogP contribution < -0.4 is 0 Å². The second-order valence-corrected chi connectivity index (χ2v) is 14.6. The molecule has 0 spiro atoms. The quantitative estimate of drug-likeness (QED) is 0.189. The van der Waals surface area contributed by atoms with E-state index in [-0.39, 0.29) is 0 Å². The van der Waals surface area contributed by atoms with E-state index in [2.05, 4.69) is 156 Å². The second-order valence-electron chi connectivity index (χ2n) is 12.5. The van der Waals surface area contributed by atoms with Gasteiger partial charge in [0, 0.05) is 47.3 Å². The second kappa shape index (κ2) is 10.3. The summed E-state index contributed by atoms with van der Waals surface area (Å²) in [7, 11) is 0. The predicted octanol–water partition coefficient (Wildman–Crippen LogP) is 12.8. The lowest BCUT2D eigenvalue weighted by atomic mass is 9.99. The highest BCUT2D eigenvalue weighted by atomic mass is 32.1. The van der Waals surface area contributed by atoms with E-state index in [1.165, 1.54) is 68.4 Å². The molecule has 0 N–H and O–H groups in total. The molecule has 0 atom stereocenters. The Kier molecular flexibility index (Phi) is 5.70. The number of hydrogen-bond acceptors (Lipinski definition) is 4. The number of fused-ring (bicyclic) bond motifs is 13. The molecule has 0 saturated carbocycles. The van der Waals surface area contributed by atoms with E-state index in [0.29, 0.717) is 5.95 Å². The summed E-state index contributed by atoms with van der Waals surface area (Å²) in [4.78, 5) is 12.0. The van der Waals surface area contributed by atoms with E-state index < -0.39 is 0 Å². The Hall–Kier alpha value is -5.88. The number of rotatable bonds is 3. The number of para-hydroxylation sites is 1. The van der Waals surface area contributed by atoms with E-state index in [4.69, 9.17) is 9.97 Å². The first-order chi connectivity index (χ1) is 24.3. The number of aromatic nitrogens is 3. The summed E-state index contributed by atoms with van der Waals surface area (Å²) in [6.07, 6.45) is 0. The third-order valence-corrected chi connectivity index (χ3v) is 12.1. The van der Waals surface area contributed by atoms with Crippen LogP contribution in [0.15, 0.2) is 152 Å². The van der Waals surface area contributed by atoms with Gasteiger partial charge in [0.15, 0.2) is 0 Å². The van der Waals surface area contributed by atoms with Crippen LogP contribution in [0.5, 0.6) is 0 Å². The zero-order valence-corrected chi connectivity index (χ0v) is 27.7. The van der Waals surface area contributed by atoms with E-state index >= 15 is 0 Å². The largest absolute Gasteiger partial charge is 0.276 e. The van der Waals surface area contributed by atoms with Crippen LogP contribution >= 0.6 is 22.7 Å². The minimum atomic E-state index is 0.694. The Balaban J connectivity index is 1.32. The monoisotopic (exact) mass is 659 g/mol. The van der Waals surface area contributed by atoms with Gasteiger partial charge in [-0.1, -0.05) is 127 Å². The number of hydrogen-bond donors (Lipinski definition) is 0. The van der Waals surface area contributed by atoms with Crippen molar-refractivity contribution >= 4 is 95.7 Å². The van der Waals surface area contributed by atoms with Crippen LogP contribution in [0.1, 0.15) is 0 Å². The standard InChI is InChI=1S/C44H25N3S2/c1-2-13-26(14-3-1)27-15-12-16-28(25-27)40-39-33-21-8-11-24-36(33)49-43(39)46-44(45-40)47-34-22-9-6-19-31(34)37-29-17-4-5-18-30(29)38-32-20-7-10-23-35(32)48-42(38)41(37)47/h1-25H. The minimum Gasteiger partial charge on any atom is -0.276 e. The fourth-order valence-electron chi connectivity index (χ4n) is 7.73. The number of thiophene rings is 2. The lowest BCUT2D eigenvalue weighted by molar-refractivity contribution is 1.02. The topological polar surface area (TPSA) is 30.7 Å². The highest BCUT2D eigenvalue weighted by molar-refractivity contribution is 7.27. The molecule has 4 heterocycles. The third kappa shape index (κ3) is 3.88. The molecule has 0 saturated heterocycles. The summed E-state index contributed by atoms with van der Waals surface area (Å²) in [6.45, 7) is 0. The molecule has 11 rings (SSSR count). The molecule has 0 radical (unpaired) electrons. The molecule has 228 valence electrons. The van der Waals surface area contributed by atoms with Gasteiger partial charge < -0.3 is 0 Å². The van der Waals surface area contributed by atoms with Gasteiger partial charge in [0.25, 0.3) is 0 Å². The van der Waals surface area contributed by atoms with Crippen molar-refractivity contribution in [1.82, 2.24) is 14.5 Å². The van der Waals surface area contributed by atoms with Crippen molar-refractivity contribution in [1.29, 1.82) is 0 Å². The molecule has 7 aromatic carbocycles.